The minimum Gasteiger partial charge on any atom is -0.741 e. The molecular weight excluding hydrogens is 479 g/mol. The van der Waals surface area contributed by atoms with Crippen LogP contribution >= 0.6 is 11.8 Å². The summed E-state index contributed by atoms with van der Waals surface area (Å²) >= 11 is 3.11. The van der Waals surface area contributed by atoms with Gasteiger partial charge in [-0.25, -0.2) is 17.2 Å². The molecule has 1 heterocycles. The number of hydrogen-bond acceptors (Lipinski definition) is 4. The van der Waals surface area contributed by atoms with Crippen LogP contribution < -0.4 is 0 Å². The van der Waals surface area contributed by atoms with E-state index < -0.39 is 27.3 Å². The van der Waals surface area contributed by atoms with Gasteiger partial charge in [-0.1, -0.05) is 49.4 Å². The van der Waals surface area contributed by atoms with Crippen molar-refractivity contribution in [3.63, 3.8) is 0 Å². The lowest BCUT2D eigenvalue weighted by Crippen LogP contribution is -2.21. The van der Waals surface area contributed by atoms with Crippen molar-refractivity contribution in [1.82, 2.24) is 0 Å². The van der Waals surface area contributed by atoms with E-state index in [1.807, 2.05) is 24.3 Å². The molecule has 3 nitrogen and oxygen atoms in total. The molecule has 0 radical (unpaired) electrons. The molecule has 0 N–H and O–H groups in total. The van der Waals surface area contributed by atoms with Gasteiger partial charge in [0.2, 0.25) is 0 Å². The first-order valence-electron chi connectivity index (χ1n) is 9.17. The summed E-state index contributed by atoms with van der Waals surface area (Å²) in [7, 11) is -6.09. The second kappa shape index (κ2) is 10.8. The first kappa shape index (κ1) is 25.7. The molecule has 170 valence electrons. The Morgan fingerprint density at radius 1 is 1.06 bits per heavy atom. The number of hydrogen-bond donors (Lipinski definition) is 0. The van der Waals surface area contributed by atoms with Crippen molar-refractivity contribution in [2.24, 2.45) is 0 Å². The fourth-order valence-corrected chi connectivity index (χ4v) is 5.30. The highest BCUT2D eigenvalue weighted by molar-refractivity contribution is 8.23. The molecule has 1 aliphatic rings. The topological polar surface area (TPSA) is 57.2 Å². The molecule has 0 aliphatic carbocycles. The molecule has 0 atom stereocenters. The third kappa shape index (κ3) is 7.23. The lowest BCUT2D eigenvalue weighted by atomic mass is 10.0. The van der Waals surface area contributed by atoms with Crippen molar-refractivity contribution in [2.75, 3.05) is 11.5 Å². The van der Waals surface area contributed by atoms with Crippen LogP contribution in [0.15, 0.2) is 36.4 Å². The van der Waals surface area contributed by atoms with Crippen LogP contribution in [0.25, 0.3) is 11.1 Å². The minimum atomic E-state index is -6.09. The summed E-state index contributed by atoms with van der Waals surface area (Å²) in [5, 5.41) is 0. The Morgan fingerprint density at radius 3 is 2.03 bits per heavy atom. The van der Waals surface area contributed by atoms with Gasteiger partial charge in [0.1, 0.15) is 17.2 Å². The zero-order chi connectivity index (χ0) is 23.2. The fraction of sp³-hybridized carbons (Fsp3) is 0.350. The van der Waals surface area contributed by atoms with E-state index >= 15 is 0 Å². The number of thioether (sulfide) groups is 1. The number of benzene rings is 2. The maximum atomic E-state index is 14.5. The summed E-state index contributed by atoms with van der Waals surface area (Å²) in [4.78, 5) is 0. The Hall–Kier alpha value is -1.56. The fourth-order valence-electron chi connectivity index (χ4n) is 2.66. The molecule has 31 heavy (non-hydrogen) atoms. The second-order valence-corrected chi connectivity index (χ2v) is 10.3. The van der Waals surface area contributed by atoms with E-state index in [0.29, 0.717) is 5.56 Å². The molecule has 0 aromatic heterocycles. The summed E-state index contributed by atoms with van der Waals surface area (Å²) in [6.45, 7) is 2.14. The molecular formula is C20H19F5O3S3. The van der Waals surface area contributed by atoms with Crippen LogP contribution in [0.1, 0.15) is 30.9 Å². The molecule has 1 aliphatic heterocycles. The Labute approximate surface area is 185 Å². The number of halogens is 5. The lowest BCUT2D eigenvalue weighted by molar-refractivity contribution is -0.0517. The van der Waals surface area contributed by atoms with Crippen molar-refractivity contribution in [1.29, 1.82) is 0 Å². The summed E-state index contributed by atoms with van der Waals surface area (Å²) in [5.74, 6) is 0.938. The van der Waals surface area contributed by atoms with Crippen LogP contribution in [0.2, 0.25) is 0 Å². The SMILES string of the molecule is CCCc1ccc(-c2cc(F)c(C3=[S+]CCCS3)c(F)c2)cc1.O=S(=O)([O-])C(F)(F)F. The van der Waals surface area contributed by atoms with Gasteiger partial charge in [0.05, 0.1) is 0 Å². The smallest absolute Gasteiger partial charge is 0.485 e. The molecule has 0 bridgehead atoms. The van der Waals surface area contributed by atoms with E-state index in [1.54, 1.807) is 23.1 Å². The molecule has 2 aromatic rings. The molecule has 0 fully saturated rings. The molecule has 0 spiro atoms. The Bertz CT molecular complexity index is 1010. The first-order valence-corrected chi connectivity index (χ1v) is 12.6. The van der Waals surface area contributed by atoms with Crippen LogP contribution in [0.5, 0.6) is 0 Å². The van der Waals surface area contributed by atoms with E-state index in [1.165, 1.54) is 17.7 Å². The van der Waals surface area contributed by atoms with Crippen LogP contribution in [0.3, 0.4) is 0 Å². The van der Waals surface area contributed by atoms with Gasteiger partial charge in [-0.15, -0.1) is 0 Å². The predicted octanol–water partition coefficient (Wildman–Crippen LogP) is 5.33. The van der Waals surface area contributed by atoms with Crippen LogP contribution in [0.4, 0.5) is 22.0 Å². The van der Waals surface area contributed by atoms with E-state index in [9.17, 15) is 22.0 Å². The minimum absolute atomic E-state index is 0.144. The molecule has 0 unspecified atom stereocenters. The largest absolute Gasteiger partial charge is 0.741 e. The van der Waals surface area contributed by atoms with E-state index in [-0.39, 0.29) is 5.56 Å². The number of aryl methyl sites for hydroxylation is 1. The highest BCUT2D eigenvalue weighted by atomic mass is 32.2. The van der Waals surface area contributed by atoms with Gasteiger partial charge in [0.15, 0.2) is 27.2 Å². The third-order valence-electron chi connectivity index (χ3n) is 4.11. The molecule has 2 aromatic carbocycles. The van der Waals surface area contributed by atoms with E-state index in [4.69, 9.17) is 13.0 Å². The zero-order valence-electron chi connectivity index (χ0n) is 16.3. The van der Waals surface area contributed by atoms with Crippen LogP contribution in [0, 0.1) is 11.6 Å². The molecule has 0 saturated carbocycles. The van der Waals surface area contributed by atoms with Crippen molar-refractivity contribution in [2.45, 2.75) is 31.7 Å². The highest BCUT2D eigenvalue weighted by Gasteiger charge is 2.37. The van der Waals surface area contributed by atoms with Crippen molar-refractivity contribution in [3.8, 4) is 11.1 Å². The third-order valence-corrected chi connectivity index (χ3v) is 7.30. The molecule has 3 rings (SSSR count). The van der Waals surface area contributed by atoms with Crippen LogP contribution in [-0.2, 0) is 27.9 Å². The lowest BCUT2D eigenvalue weighted by Gasteiger charge is -2.09. The standard InChI is InChI=1S/C19H19F2S2.CHF3O3S/c1-2-4-13-5-7-14(8-6-13)15-11-16(20)18(17(21)12-15)19-22-9-3-10-23-19;2-1(3,4)8(5,6)7/h5-8,11-12H,2-4,9-10H2,1H3;(H,5,6,7)/q+1;/p-1. The number of alkyl halides is 3. The highest BCUT2D eigenvalue weighted by Crippen LogP contribution is 2.28. The molecule has 0 saturated heterocycles. The van der Waals surface area contributed by atoms with Crippen molar-refractivity contribution in [3.05, 3.63) is 59.2 Å². The second-order valence-electron chi connectivity index (χ2n) is 6.50. The summed E-state index contributed by atoms with van der Waals surface area (Å²) in [5.41, 5.74) is -2.81. The molecule has 11 heteroatoms. The van der Waals surface area contributed by atoms with E-state index in [0.717, 1.165) is 40.5 Å². The van der Waals surface area contributed by atoms with Crippen molar-refractivity contribution >= 4 is 37.4 Å². The van der Waals surface area contributed by atoms with Crippen molar-refractivity contribution < 1.29 is 34.9 Å². The molecule has 0 amide bonds. The maximum Gasteiger partial charge on any atom is 0.485 e. The summed E-state index contributed by atoms with van der Waals surface area (Å²) in [6, 6.07) is 10.9. The van der Waals surface area contributed by atoms with E-state index in [2.05, 4.69) is 6.92 Å². The maximum absolute atomic E-state index is 14.5. The monoisotopic (exact) mass is 498 g/mol. The van der Waals surface area contributed by atoms with Gasteiger partial charge in [-0.05, 0) is 35.2 Å². The Balaban J connectivity index is 0.000000366. The Kier molecular flexibility index (Phi) is 8.99. The summed E-state index contributed by atoms with van der Waals surface area (Å²) in [6.07, 6.45) is 3.20. The van der Waals surface area contributed by atoms with Gasteiger partial charge in [0.25, 0.3) is 4.20 Å². The zero-order valence-corrected chi connectivity index (χ0v) is 18.8. The normalized spacial score (nSPS) is 14.5. The average Bonchev–Trinajstić information content (AvgIpc) is 2.68. The quantitative estimate of drug-likeness (QED) is 0.188. The average molecular weight is 499 g/mol. The van der Waals surface area contributed by atoms with Crippen LogP contribution in [-0.4, -0.2) is 34.2 Å². The predicted molar refractivity (Wildman–Crippen MR) is 115 cm³/mol. The number of rotatable bonds is 4. The van der Waals surface area contributed by atoms with Gasteiger partial charge in [-0.3, -0.25) is 0 Å². The van der Waals surface area contributed by atoms with Gasteiger partial charge < -0.3 is 4.55 Å². The van der Waals surface area contributed by atoms with Gasteiger partial charge in [-0.2, -0.15) is 13.2 Å². The summed E-state index contributed by atoms with van der Waals surface area (Å²) < 4.78 is 88.7. The first-order chi connectivity index (χ1) is 14.4. The Morgan fingerprint density at radius 2 is 1.61 bits per heavy atom. The van der Waals surface area contributed by atoms with Gasteiger partial charge in [0, 0.05) is 12.2 Å². The van der Waals surface area contributed by atoms with Gasteiger partial charge >= 0.3 is 5.51 Å².